The lowest BCUT2D eigenvalue weighted by molar-refractivity contribution is 0.807. The van der Waals surface area contributed by atoms with Gasteiger partial charge in [0.05, 0.1) is 11.6 Å². The zero-order chi connectivity index (χ0) is 14.5. The highest BCUT2D eigenvalue weighted by molar-refractivity contribution is 5.41. The summed E-state index contributed by atoms with van der Waals surface area (Å²) in [7, 11) is 1.98. The molecule has 20 heavy (non-hydrogen) atoms. The zero-order valence-electron chi connectivity index (χ0n) is 11.7. The van der Waals surface area contributed by atoms with Gasteiger partial charge in [0.15, 0.2) is 0 Å². The molecular formula is C16H18N4. The minimum atomic E-state index is -0.00540. The van der Waals surface area contributed by atoms with Gasteiger partial charge in [0.1, 0.15) is 5.82 Å². The van der Waals surface area contributed by atoms with Gasteiger partial charge in [0, 0.05) is 25.8 Å². The van der Waals surface area contributed by atoms with Crippen LogP contribution in [0, 0.1) is 11.3 Å². The average Bonchev–Trinajstić information content (AvgIpc) is 2.47. The molecule has 0 saturated carbocycles. The second-order valence-corrected chi connectivity index (χ2v) is 4.91. The summed E-state index contributed by atoms with van der Waals surface area (Å²) in [6.07, 6.45) is 1.81. The van der Waals surface area contributed by atoms with Crippen LogP contribution in [0.3, 0.4) is 0 Å². The summed E-state index contributed by atoms with van der Waals surface area (Å²) in [6, 6.07) is 13.7. The summed E-state index contributed by atoms with van der Waals surface area (Å²) in [6.45, 7) is 2.65. The van der Waals surface area contributed by atoms with E-state index in [1.165, 1.54) is 0 Å². The molecule has 0 bridgehead atoms. The number of rotatable bonds is 4. The van der Waals surface area contributed by atoms with Crippen LogP contribution in [-0.2, 0) is 6.54 Å². The number of nitrogens with two attached hydrogens (primary N) is 1. The quantitative estimate of drug-likeness (QED) is 0.923. The van der Waals surface area contributed by atoms with Crippen LogP contribution in [0.15, 0.2) is 42.6 Å². The van der Waals surface area contributed by atoms with Crippen molar-refractivity contribution in [2.75, 3.05) is 11.9 Å². The number of hydrogen-bond acceptors (Lipinski definition) is 4. The molecule has 4 nitrogen and oxygen atoms in total. The minimum absolute atomic E-state index is 0.00540. The molecule has 0 amide bonds. The highest BCUT2D eigenvalue weighted by Gasteiger charge is 2.06. The average molecular weight is 266 g/mol. The second-order valence-electron chi connectivity index (χ2n) is 4.91. The van der Waals surface area contributed by atoms with Gasteiger partial charge in [-0.3, -0.25) is 0 Å². The van der Waals surface area contributed by atoms with E-state index in [2.05, 4.69) is 11.1 Å². The lowest BCUT2D eigenvalue weighted by atomic mass is 10.1. The summed E-state index contributed by atoms with van der Waals surface area (Å²) >= 11 is 0. The summed E-state index contributed by atoms with van der Waals surface area (Å²) in [4.78, 5) is 6.46. The van der Waals surface area contributed by atoms with Gasteiger partial charge in [-0.25, -0.2) is 4.98 Å². The first kappa shape index (κ1) is 14.0. The van der Waals surface area contributed by atoms with E-state index in [1.54, 1.807) is 6.07 Å². The van der Waals surface area contributed by atoms with Gasteiger partial charge in [-0.15, -0.1) is 0 Å². The van der Waals surface area contributed by atoms with Crippen molar-refractivity contribution in [3.05, 3.63) is 59.3 Å². The highest BCUT2D eigenvalue weighted by atomic mass is 15.2. The van der Waals surface area contributed by atoms with Gasteiger partial charge in [-0.05, 0) is 36.2 Å². The van der Waals surface area contributed by atoms with Crippen molar-refractivity contribution in [2.45, 2.75) is 19.5 Å². The molecule has 2 N–H and O–H groups in total. The van der Waals surface area contributed by atoms with Crippen molar-refractivity contribution in [3.63, 3.8) is 0 Å². The van der Waals surface area contributed by atoms with E-state index in [9.17, 15) is 0 Å². The van der Waals surface area contributed by atoms with Crippen LogP contribution < -0.4 is 10.6 Å². The summed E-state index contributed by atoms with van der Waals surface area (Å²) < 4.78 is 0. The summed E-state index contributed by atoms with van der Waals surface area (Å²) in [5.74, 6) is 0.886. The smallest absolute Gasteiger partial charge is 0.128 e. The molecule has 1 atom stereocenters. The Balaban J connectivity index is 2.11. The van der Waals surface area contributed by atoms with Crippen molar-refractivity contribution >= 4 is 5.82 Å². The van der Waals surface area contributed by atoms with Gasteiger partial charge >= 0.3 is 0 Å². The first-order valence-electron chi connectivity index (χ1n) is 6.52. The largest absolute Gasteiger partial charge is 0.355 e. The monoisotopic (exact) mass is 266 g/mol. The highest BCUT2D eigenvalue weighted by Crippen LogP contribution is 2.16. The van der Waals surface area contributed by atoms with E-state index in [1.807, 2.05) is 55.4 Å². The van der Waals surface area contributed by atoms with Crippen molar-refractivity contribution in [1.82, 2.24) is 4.98 Å². The molecule has 2 aromatic rings. The molecule has 1 unspecified atom stereocenters. The van der Waals surface area contributed by atoms with E-state index in [0.29, 0.717) is 12.1 Å². The molecule has 0 fully saturated rings. The first-order chi connectivity index (χ1) is 9.60. The predicted octanol–water partition coefficient (Wildman–Crippen LogP) is 2.61. The molecular weight excluding hydrogens is 248 g/mol. The number of nitrogens with zero attached hydrogens (tertiary/aromatic N) is 3. The van der Waals surface area contributed by atoms with E-state index in [4.69, 9.17) is 11.0 Å². The molecule has 0 aliphatic heterocycles. The third-order valence-electron chi connectivity index (χ3n) is 3.16. The van der Waals surface area contributed by atoms with Crippen LogP contribution >= 0.6 is 0 Å². The lowest BCUT2D eigenvalue weighted by Gasteiger charge is -2.19. The van der Waals surface area contributed by atoms with Crippen molar-refractivity contribution < 1.29 is 0 Å². The van der Waals surface area contributed by atoms with Crippen LogP contribution in [0.2, 0.25) is 0 Å². The van der Waals surface area contributed by atoms with Crippen molar-refractivity contribution in [2.24, 2.45) is 5.73 Å². The Morgan fingerprint density at radius 1 is 1.35 bits per heavy atom. The fourth-order valence-corrected chi connectivity index (χ4v) is 1.99. The van der Waals surface area contributed by atoms with Gasteiger partial charge in [0.2, 0.25) is 0 Å². The van der Waals surface area contributed by atoms with E-state index >= 15 is 0 Å². The van der Waals surface area contributed by atoms with E-state index < -0.39 is 0 Å². The topological polar surface area (TPSA) is 65.9 Å². The lowest BCUT2D eigenvalue weighted by Crippen LogP contribution is -2.18. The van der Waals surface area contributed by atoms with Crippen LogP contribution in [0.25, 0.3) is 0 Å². The fourth-order valence-electron chi connectivity index (χ4n) is 1.99. The third-order valence-corrected chi connectivity index (χ3v) is 3.16. The summed E-state index contributed by atoms with van der Waals surface area (Å²) in [5, 5.41) is 8.91. The maximum absolute atomic E-state index is 8.91. The maximum Gasteiger partial charge on any atom is 0.128 e. The Kier molecular flexibility index (Phi) is 4.34. The van der Waals surface area contributed by atoms with Crippen LogP contribution in [-0.4, -0.2) is 12.0 Å². The number of benzene rings is 1. The second kappa shape index (κ2) is 6.18. The number of nitriles is 1. The van der Waals surface area contributed by atoms with Gasteiger partial charge in [-0.1, -0.05) is 18.2 Å². The molecule has 0 saturated heterocycles. The molecule has 102 valence electrons. The molecule has 4 heteroatoms. The van der Waals surface area contributed by atoms with Crippen molar-refractivity contribution in [3.8, 4) is 6.07 Å². The molecule has 1 heterocycles. The summed E-state index contributed by atoms with van der Waals surface area (Å²) in [5.41, 5.74) is 8.60. The van der Waals surface area contributed by atoms with E-state index in [-0.39, 0.29) is 6.04 Å². The van der Waals surface area contributed by atoms with Crippen LogP contribution in [0.4, 0.5) is 5.82 Å². The maximum atomic E-state index is 8.91. The zero-order valence-corrected chi connectivity index (χ0v) is 11.7. The molecule has 0 radical (unpaired) electrons. The molecule has 2 rings (SSSR count). The minimum Gasteiger partial charge on any atom is -0.355 e. The molecule has 1 aromatic carbocycles. The number of hydrogen-bond donors (Lipinski definition) is 1. The predicted molar refractivity (Wildman–Crippen MR) is 80.1 cm³/mol. The Morgan fingerprint density at radius 2 is 2.15 bits per heavy atom. The molecule has 0 aliphatic carbocycles. The van der Waals surface area contributed by atoms with E-state index in [0.717, 1.165) is 16.9 Å². The molecule has 0 spiro atoms. The molecule has 0 aliphatic rings. The number of pyridine rings is 1. The SMILES string of the molecule is CC(N)c1ccc(N(C)Cc2cccc(C#N)c2)nc1. The number of anilines is 1. The normalized spacial score (nSPS) is 11.7. The van der Waals surface area contributed by atoms with Crippen LogP contribution in [0.1, 0.15) is 29.7 Å². The Morgan fingerprint density at radius 3 is 2.75 bits per heavy atom. The molecule has 1 aromatic heterocycles. The Hall–Kier alpha value is -2.38. The van der Waals surface area contributed by atoms with Gasteiger partial charge in [-0.2, -0.15) is 5.26 Å². The van der Waals surface area contributed by atoms with Crippen LogP contribution in [0.5, 0.6) is 0 Å². The fraction of sp³-hybridized carbons (Fsp3) is 0.250. The van der Waals surface area contributed by atoms with Gasteiger partial charge in [0.25, 0.3) is 0 Å². The standard InChI is InChI=1S/C16H18N4/c1-12(18)15-6-7-16(19-10-15)20(2)11-14-5-3-4-13(8-14)9-17/h3-8,10,12H,11,18H2,1-2H3. The van der Waals surface area contributed by atoms with Crippen molar-refractivity contribution in [1.29, 1.82) is 5.26 Å². The Bertz CT molecular complexity index is 611. The Labute approximate surface area is 119 Å². The van der Waals surface area contributed by atoms with Gasteiger partial charge < -0.3 is 10.6 Å². The third kappa shape index (κ3) is 3.34. The number of aromatic nitrogens is 1. The first-order valence-corrected chi connectivity index (χ1v) is 6.52.